The standard InChI is InChI=1S/C22H31N3O2S2.HI/c1-22(2)11-9-20-17(14-22)13-18(28-20)15-25-21(23-3)24-12-10-16-5-7-19(8-6-16)29(4,26)27;/h5-8,13H,9-12,14-15H2,1-4H3,(H2,23,24,25);1H. The predicted octanol–water partition coefficient (Wildman–Crippen LogP) is 4.19. The zero-order valence-corrected chi connectivity index (χ0v) is 22.1. The summed E-state index contributed by atoms with van der Waals surface area (Å²) in [5, 5.41) is 6.73. The van der Waals surface area contributed by atoms with Gasteiger partial charge < -0.3 is 10.6 Å². The van der Waals surface area contributed by atoms with Crippen LogP contribution in [0.3, 0.4) is 0 Å². The third-order valence-electron chi connectivity index (χ3n) is 5.36. The topological polar surface area (TPSA) is 70.6 Å². The molecule has 166 valence electrons. The van der Waals surface area contributed by atoms with E-state index in [0.717, 1.165) is 31.0 Å². The second-order valence-corrected chi connectivity index (χ2v) is 11.8. The molecule has 0 atom stereocenters. The van der Waals surface area contributed by atoms with Crippen molar-refractivity contribution < 1.29 is 8.42 Å². The van der Waals surface area contributed by atoms with Gasteiger partial charge in [0.1, 0.15) is 0 Å². The highest BCUT2D eigenvalue weighted by molar-refractivity contribution is 14.0. The monoisotopic (exact) mass is 561 g/mol. The highest BCUT2D eigenvalue weighted by Crippen LogP contribution is 2.38. The minimum atomic E-state index is -3.14. The van der Waals surface area contributed by atoms with Crippen LogP contribution in [0.1, 0.15) is 41.1 Å². The zero-order chi connectivity index (χ0) is 21.1. The molecule has 0 unspecified atom stereocenters. The summed E-state index contributed by atoms with van der Waals surface area (Å²) in [4.78, 5) is 7.56. The molecule has 0 saturated heterocycles. The van der Waals surface area contributed by atoms with E-state index >= 15 is 0 Å². The molecule has 2 N–H and O–H groups in total. The lowest BCUT2D eigenvalue weighted by atomic mass is 9.77. The molecule has 0 spiro atoms. The van der Waals surface area contributed by atoms with Crippen LogP contribution in [0.5, 0.6) is 0 Å². The van der Waals surface area contributed by atoms with Crippen LogP contribution in [-0.2, 0) is 35.6 Å². The predicted molar refractivity (Wildman–Crippen MR) is 137 cm³/mol. The van der Waals surface area contributed by atoms with Crippen LogP contribution in [0.2, 0.25) is 0 Å². The van der Waals surface area contributed by atoms with Crippen molar-refractivity contribution in [1.82, 2.24) is 10.6 Å². The zero-order valence-electron chi connectivity index (χ0n) is 18.1. The molecule has 1 aliphatic carbocycles. The smallest absolute Gasteiger partial charge is 0.191 e. The molecular formula is C22H32IN3O2S2. The Bertz CT molecular complexity index is 980. The second kappa shape index (κ2) is 10.5. The molecule has 5 nitrogen and oxygen atoms in total. The van der Waals surface area contributed by atoms with Gasteiger partial charge in [0.25, 0.3) is 0 Å². The molecule has 2 aromatic rings. The summed E-state index contributed by atoms with van der Waals surface area (Å²) in [7, 11) is -1.37. The van der Waals surface area contributed by atoms with Crippen LogP contribution in [0.25, 0.3) is 0 Å². The molecule has 0 saturated carbocycles. The lowest BCUT2D eigenvalue weighted by molar-refractivity contribution is 0.318. The molecule has 3 rings (SSSR count). The average Bonchev–Trinajstić information content (AvgIpc) is 3.05. The van der Waals surface area contributed by atoms with Crippen molar-refractivity contribution in [2.75, 3.05) is 19.8 Å². The third kappa shape index (κ3) is 6.95. The van der Waals surface area contributed by atoms with Crippen LogP contribution in [0.15, 0.2) is 40.2 Å². The number of halogens is 1. The summed E-state index contributed by atoms with van der Waals surface area (Å²) < 4.78 is 23.1. The maximum absolute atomic E-state index is 11.5. The number of nitrogens with zero attached hydrogens (tertiary/aromatic N) is 1. The first-order chi connectivity index (χ1) is 13.7. The molecule has 0 bridgehead atoms. The quantitative estimate of drug-likeness (QED) is 0.315. The fourth-order valence-electron chi connectivity index (χ4n) is 3.65. The molecular weight excluding hydrogens is 529 g/mol. The maximum Gasteiger partial charge on any atom is 0.191 e. The van der Waals surface area contributed by atoms with Gasteiger partial charge >= 0.3 is 0 Å². The van der Waals surface area contributed by atoms with Crippen LogP contribution in [0, 0.1) is 5.41 Å². The van der Waals surface area contributed by atoms with Gasteiger partial charge in [-0.15, -0.1) is 35.3 Å². The molecule has 8 heteroatoms. The van der Waals surface area contributed by atoms with E-state index in [9.17, 15) is 8.42 Å². The number of guanidine groups is 1. The van der Waals surface area contributed by atoms with Crippen molar-refractivity contribution >= 4 is 51.1 Å². The van der Waals surface area contributed by atoms with E-state index in [2.05, 4.69) is 35.5 Å². The first kappa shape index (κ1) is 25.1. The molecule has 1 aromatic heterocycles. The van der Waals surface area contributed by atoms with Crippen LogP contribution in [0.4, 0.5) is 0 Å². The summed E-state index contributed by atoms with van der Waals surface area (Å²) >= 11 is 1.92. The van der Waals surface area contributed by atoms with E-state index in [1.807, 2.05) is 23.5 Å². The van der Waals surface area contributed by atoms with Gasteiger partial charge in [-0.2, -0.15) is 0 Å². The number of aryl methyl sites for hydroxylation is 1. The van der Waals surface area contributed by atoms with Gasteiger partial charge in [-0.25, -0.2) is 8.42 Å². The molecule has 30 heavy (non-hydrogen) atoms. The first-order valence-electron chi connectivity index (χ1n) is 10.0. The second-order valence-electron chi connectivity index (χ2n) is 8.52. The van der Waals surface area contributed by atoms with Crippen molar-refractivity contribution in [2.24, 2.45) is 10.4 Å². The van der Waals surface area contributed by atoms with Crippen LogP contribution < -0.4 is 10.6 Å². The van der Waals surface area contributed by atoms with Gasteiger partial charge in [0.2, 0.25) is 0 Å². The number of hydrogen-bond acceptors (Lipinski definition) is 4. The molecule has 0 amide bonds. The third-order valence-corrected chi connectivity index (χ3v) is 7.72. The van der Waals surface area contributed by atoms with Crippen LogP contribution in [-0.4, -0.2) is 34.2 Å². The Morgan fingerprint density at radius 3 is 2.53 bits per heavy atom. The fourth-order valence-corrected chi connectivity index (χ4v) is 5.41. The Morgan fingerprint density at radius 2 is 1.90 bits per heavy atom. The van der Waals surface area contributed by atoms with E-state index in [4.69, 9.17) is 0 Å². The lowest BCUT2D eigenvalue weighted by Gasteiger charge is -2.29. The summed E-state index contributed by atoms with van der Waals surface area (Å²) in [5.74, 6) is 0.782. The van der Waals surface area contributed by atoms with Crippen LogP contribution >= 0.6 is 35.3 Å². The largest absolute Gasteiger partial charge is 0.356 e. The number of hydrogen-bond donors (Lipinski definition) is 2. The summed E-state index contributed by atoms with van der Waals surface area (Å²) in [5.41, 5.74) is 3.02. The van der Waals surface area contributed by atoms with E-state index in [-0.39, 0.29) is 24.0 Å². The van der Waals surface area contributed by atoms with Gasteiger partial charge in [0.05, 0.1) is 11.4 Å². The Morgan fingerprint density at radius 1 is 1.20 bits per heavy atom. The fraction of sp³-hybridized carbons (Fsp3) is 0.500. The number of nitrogens with one attached hydrogen (secondary N) is 2. The maximum atomic E-state index is 11.5. The summed E-state index contributed by atoms with van der Waals surface area (Å²) in [6.45, 7) is 6.21. The molecule has 1 heterocycles. The number of sulfone groups is 1. The Kier molecular flexibility index (Phi) is 8.76. The van der Waals surface area contributed by atoms with E-state index < -0.39 is 9.84 Å². The molecule has 1 aromatic carbocycles. The van der Waals surface area contributed by atoms with Gasteiger partial charge in [-0.3, -0.25) is 4.99 Å². The molecule has 1 aliphatic rings. The van der Waals surface area contributed by atoms with Gasteiger partial charge in [-0.05, 0) is 60.4 Å². The van der Waals surface area contributed by atoms with Gasteiger partial charge in [0.15, 0.2) is 15.8 Å². The summed E-state index contributed by atoms with van der Waals surface area (Å²) in [6.07, 6.45) is 5.65. The SMILES string of the molecule is CN=C(NCCc1ccc(S(C)(=O)=O)cc1)NCc1cc2c(s1)CCC(C)(C)C2.I. The van der Waals surface area contributed by atoms with Gasteiger partial charge in [0, 0.05) is 29.6 Å². The Balaban J connectivity index is 0.00000320. The van der Waals surface area contributed by atoms with Crippen molar-refractivity contribution in [3.63, 3.8) is 0 Å². The highest BCUT2D eigenvalue weighted by atomic mass is 127. The number of benzene rings is 1. The van der Waals surface area contributed by atoms with Crippen molar-refractivity contribution in [2.45, 2.75) is 51.0 Å². The lowest BCUT2D eigenvalue weighted by Crippen LogP contribution is -2.37. The number of thiophene rings is 1. The van der Waals surface area contributed by atoms with Crippen molar-refractivity contribution in [3.8, 4) is 0 Å². The molecule has 0 fully saturated rings. The normalized spacial score (nSPS) is 15.8. The number of fused-ring (bicyclic) bond motifs is 1. The Labute approximate surface area is 201 Å². The Hall–Kier alpha value is -1.13. The van der Waals surface area contributed by atoms with E-state index in [1.165, 1.54) is 36.0 Å². The minimum Gasteiger partial charge on any atom is -0.356 e. The summed E-state index contributed by atoms with van der Waals surface area (Å²) in [6, 6.07) is 9.41. The number of rotatable bonds is 6. The molecule has 0 radical (unpaired) electrons. The van der Waals surface area contributed by atoms with Crippen molar-refractivity contribution in [3.05, 3.63) is 51.2 Å². The number of aliphatic imine (C=N–C) groups is 1. The first-order valence-corrected chi connectivity index (χ1v) is 12.7. The highest BCUT2D eigenvalue weighted by Gasteiger charge is 2.26. The van der Waals surface area contributed by atoms with Gasteiger partial charge in [-0.1, -0.05) is 26.0 Å². The average molecular weight is 562 g/mol. The molecule has 0 aliphatic heterocycles. The van der Waals surface area contributed by atoms with E-state index in [1.54, 1.807) is 24.1 Å². The van der Waals surface area contributed by atoms with Crippen molar-refractivity contribution in [1.29, 1.82) is 0 Å². The van der Waals surface area contributed by atoms with E-state index in [0.29, 0.717) is 10.3 Å². The minimum absolute atomic E-state index is 0.